The van der Waals surface area contributed by atoms with Crippen molar-refractivity contribution in [3.8, 4) is 11.5 Å². The van der Waals surface area contributed by atoms with Gasteiger partial charge in [-0.3, -0.25) is 4.79 Å². The quantitative estimate of drug-likeness (QED) is 0.112. The Morgan fingerprint density at radius 2 is 1.13 bits per heavy atom. The number of ether oxygens (including phenoxy) is 2. The third-order valence-corrected chi connectivity index (χ3v) is 10.7. The van der Waals surface area contributed by atoms with E-state index >= 15 is 0 Å². The molecule has 0 N–H and O–H groups in total. The van der Waals surface area contributed by atoms with E-state index in [9.17, 15) is 4.79 Å². The second-order valence-corrected chi connectivity index (χ2v) is 14.4. The lowest BCUT2D eigenvalue weighted by Crippen LogP contribution is -2.55. The van der Waals surface area contributed by atoms with Crippen molar-refractivity contribution in [1.82, 2.24) is 0 Å². The first-order valence-electron chi connectivity index (χ1n) is 17.8. The van der Waals surface area contributed by atoms with Gasteiger partial charge in [-0.15, -0.1) is 0 Å². The standard InChI is InChI=1S/C48H45NO3/c1-46(2)34-47(3,36-18-10-6-11-19-36)41-33-40(28-29-42(41)49(46)45(50)31-27-35-26-30-43(51-4)44(32-35)52-5)48(37-20-12-7-13-21-37,38-22-14-8-15-23-38)39-24-16-9-17-25-39/h6-33H,34H2,1-5H3/b31-27+/t47-/m1/s1. The van der Waals surface area contributed by atoms with Crippen molar-refractivity contribution in [2.24, 2.45) is 0 Å². The van der Waals surface area contributed by atoms with Crippen LogP contribution in [0.15, 0.2) is 164 Å². The largest absolute Gasteiger partial charge is 0.493 e. The number of hydrogen-bond acceptors (Lipinski definition) is 3. The summed E-state index contributed by atoms with van der Waals surface area (Å²) in [7, 11) is 3.23. The number of benzene rings is 6. The Morgan fingerprint density at radius 3 is 1.65 bits per heavy atom. The van der Waals surface area contributed by atoms with Crippen LogP contribution < -0.4 is 14.4 Å². The highest BCUT2D eigenvalue weighted by Gasteiger charge is 2.49. The molecule has 1 aliphatic heterocycles. The van der Waals surface area contributed by atoms with Crippen LogP contribution in [0.1, 0.15) is 66.1 Å². The predicted octanol–water partition coefficient (Wildman–Crippen LogP) is 10.6. The molecule has 4 nitrogen and oxygen atoms in total. The van der Waals surface area contributed by atoms with Gasteiger partial charge < -0.3 is 14.4 Å². The molecule has 0 bridgehead atoms. The summed E-state index contributed by atoms with van der Waals surface area (Å²) >= 11 is 0. The van der Waals surface area contributed by atoms with Crippen LogP contribution in [0.4, 0.5) is 5.69 Å². The zero-order valence-electron chi connectivity index (χ0n) is 30.5. The Balaban J connectivity index is 1.46. The number of fused-ring (bicyclic) bond motifs is 1. The second kappa shape index (κ2) is 14.0. The molecule has 4 heteroatoms. The molecule has 0 aliphatic carbocycles. The summed E-state index contributed by atoms with van der Waals surface area (Å²) < 4.78 is 11.0. The summed E-state index contributed by atoms with van der Waals surface area (Å²) in [6.07, 6.45) is 4.25. The number of hydrogen-bond donors (Lipinski definition) is 0. The minimum Gasteiger partial charge on any atom is -0.493 e. The monoisotopic (exact) mass is 683 g/mol. The van der Waals surface area contributed by atoms with Crippen LogP contribution in [0.3, 0.4) is 0 Å². The average molecular weight is 684 g/mol. The maximum atomic E-state index is 14.5. The number of carbonyl (C=O) groups excluding carboxylic acids is 1. The van der Waals surface area contributed by atoms with E-state index in [1.54, 1.807) is 20.3 Å². The first-order valence-corrected chi connectivity index (χ1v) is 17.8. The van der Waals surface area contributed by atoms with Crippen molar-refractivity contribution >= 4 is 17.7 Å². The first kappa shape index (κ1) is 34.6. The molecule has 0 fully saturated rings. The normalized spacial score (nSPS) is 16.7. The number of rotatable bonds is 9. The van der Waals surface area contributed by atoms with Crippen LogP contribution in [0.2, 0.25) is 0 Å². The SMILES string of the molecule is COc1ccc(/C=C/C(=O)N2c3ccc(C(c4ccccc4)(c4ccccc4)c4ccccc4)cc3[C@@](C)(c3ccccc3)CC2(C)C)cc1OC. The van der Waals surface area contributed by atoms with Crippen LogP contribution >= 0.6 is 0 Å². The molecule has 6 aromatic rings. The van der Waals surface area contributed by atoms with E-state index in [0.717, 1.165) is 28.8 Å². The summed E-state index contributed by atoms with van der Waals surface area (Å²) in [6, 6.07) is 55.5. The van der Waals surface area contributed by atoms with E-state index in [4.69, 9.17) is 9.47 Å². The lowest BCUT2D eigenvalue weighted by molar-refractivity contribution is -0.115. The zero-order valence-corrected chi connectivity index (χ0v) is 30.5. The van der Waals surface area contributed by atoms with Gasteiger partial charge in [-0.1, -0.05) is 146 Å². The third-order valence-electron chi connectivity index (χ3n) is 10.7. The van der Waals surface area contributed by atoms with Gasteiger partial charge in [-0.2, -0.15) is 0 Å². The third kappa shape index (κ3) is 5.98. The molecule has 0 unspecified atom stereocenters. The Kier molecular flexibility index (Phi) is 9.33. The van der Waals surface area contributed by atoms with Crippen molar-refractivity contribution in [3.63, 3.8) is 0 Å². The minimum atomic E-state index is -0.620. The number of amides is 1. The maximum Gasteiger partial charge on any atom is 0.251 e. The molecule has 0 saturated heterocycles. The average Bonchev–Trinajstić information content (AvgIpc) is 3.18. The molecule has 6 aromatic carbocycles. The molecule has 1 heterocycles. The smallest absolute Gasteiger partial charge is 0.251 e. The van der Waals surface area contributed by atoms with E-state index in [-0.39, 0.29) is 5.91 Å². The summed E-state index contributed by atoms with van der Waals surface area (Å²) in [6.45, 7) is 6.69. The zero-order chi connectivity index (χ0) is 36.3. The van der Waals surface area contributed by atoms with Gasteiger partial charge in [0.05, 0.1) is 19.6 Å². The molecule has 0 spiro atoms. The number of methoxy groups -OCH3 is 2. The van der Waals surface area contributed by atoms with Crippen molar-refractivity contribution < 1.29 is 14.3 Å². The van der Waals surface area contributed by atoms with E-state index in [1.807, 2.05) is 29.2 Å². The number of anilines is 1. The van der Waals surface area contributed by atoms with Gasteiger partial charge in [0.1, 0.15) is 0 Å². The fourth-order valence-electron chi connectivity index (χ4n) is 8.52. The van der Waals surface area contributed by atoms with Crippen LogP contribution in [0.5, 0.6) is 11.5 Å². The fourth-order valence-corrected chi connectivity index (χ4v) is 8.52. The molecular formula is C48H45NO3. The Bertz CT molecular complexity index is 2100. The highest BCUT2D eigenvalue weighted by Crippen LogP contribution is 2.53. The van der Waals surface area contributed by atoms with Gasteiger partial charge in [0.25, 0.3) is 5.91 Å². The van der Waals surface area contributed by atoms with Gasteiger partial charge in [-0.05, 0) is 83.5 Å². The van der Waals surface area contributed by atoms with Crippen molar-refractivity contribution in [3.05, 3.63) is 203 Å². The van der Waals surface area contributed by atoms with E-state index in [2.05, 4.69) is 160 Å². The van der Waals surface area contributed by atoms with Crippen LogP contribution in [-0.4, -0.2) is 25.7 Å². The molecule has 7 rings (SSSR count). The van der Waals surface area contributed by atoms with Gasteiger partial charge in [0.2, 0.25) is 0 Å². The van der Waals surface area contributed by atoms with E-state index in [1.165, 1.54) is 22.3 Å². The molecule has 260 valence electrons. The highest BCUT2D eigenvalue weighted by molar-refractivity contribution is 6.06. The lowest BCUT2D eigenvalue weighted by atomic mass is 9.61. The second-order valence-electron chi connectivity index (χ2n) is 14.4. The lowest BCUT2D eigenvalue weighted by Gasteiger charge is -2.51. The van der Waals surface area contributed by atoms with E-state index < -0.39 is 16.4 Å². The minimum absolute atomic E-state index is 0.0793. The Morgan fingerprint density at radius 1 is 0.615 bits per heavy atom. The van der Waals surface area contributed by atoms with Crippen molar-refractivity contribution in [2.75, 3.05) is 19.1 Å². The molecule has 0 radical (unpaired) electrons. The molecule has 1 aliphatic rings. The van der Waals surface area contributed by atoms with Gasteiger partial charge in [0, 0.05) is 22.7 Å². The van der Waals surface area contributed by atoms with E-state index in [0.29, 0.717) is 11.5 Å². The Hall–Kier alpha value is -5.87. The van der Waals surface area contributed by atoms with Crippen LogP contribution in [0, 0.1) is 0 Å². The highest BCUT2D eigenvalue weighted by atomic mass is 16.5. The molecule has 52 heavy (non-hydrogen) atoms. The summed E-state index contributed by atoms with van der Waals surface area (Å²) in [4.78, 5) is 16.5. The summed E-state index contributed by atoms with van der Waals surface area (Å²) in [5.41, 5.74) is 7.26. The van der Waals surface area contributed by atoms with Crippen LogP contribution in [-0.2, 0) is 15.6 Å². The van der Waals surface area contributed by atoms with Gasteiger partial charge in [0.15, 0.2) is 11.5 Å². The fraction of sp³-hybridized carbons (Fsp3) is 0.188. The summed E-state index contributed by atoms with van der Waals surface area (Å²) in [5.74, 6) is 1.18. The molecule has 1 atom stereocenters. The van der Waals surface area contributed by atoms with Crippen molar-refractivity contribution in [1.29, 1.82) is 0 Å². The molecule has 0 saturated carbocycles. The molecule has 0 aromatic heterocycles. The van der Waals surface area contributed by atoms with Crippen LogP contribution in [0.25, 0.3) is 6.08 Å². The van der Waals surface area contributed by atoms with Gasteiger partial charge >= 0.3 is 0 Å². The topological polar surface area (TPSA) is 38.8 Å². The number of nitrogens with zero attached hydrogens (tertiary/aromatic N) is 1. The predicted molar refractivity (Wildman–Crippen MR) is 212 cm³/mol. The number of carbonyl (C=O) groups is 1. The Labute approximate surface area is 308 Å². The molecular weight excluding hydrogens is 639 g/mol. The first-order chi connectivity index (χ1) is 25.2. The maximum absolute atomic E-state index is 14.5. The molecule has 1 amide bonds. The summed E-state index contributed by atoms with van der Waals surface area (Å²) in [5, 5.41) is 0. The van der Waals surface area contributed by atoms with Crippen molar-refractivity contribution in [2.45, 2.75) is 43.6 Å². The van der Waals surface area contributed by atoms with Gasteiger partial charge in [-0.25, -0.2) is 0 Å².